The van der Waals surface area contributed by atoms with Crippen LogP contribution in [0.15, 0.2) is 30.9 Å². The molecule has 1 fully saturated rings. The fourth-order valence-electron chi connectivity index (χ4n) is 2.85. The number of nitrogen functional groups attached to an aromatic ring is 1. The number of nitrogens with zero attached hydrogens (tertiary/aromatic N) is 3. The average molecular weight is 271 g/mol. The molecule has 0 saturated heterocycles. The Morgan fingerprint density at radius 1 is 1.15 bits per heavy atom. The largest absolute Gasteiger partial charge is 0.397 e. The highest BCUT2D eigenvalue weighted by Gasteiger charge is 2.13. The summed E-state index contributed by atoms with van der Waals surface area (Å²) in [6, 6.07) is 6.02. The molecule has 0 radical (unpaired) electrons. The number of aromatic nitrogens is 3. The molecule has 0 amide bonds. The topological polar surface area (TPSA) is 68.8 Å². The molecule has 5 nitrogen and oxygen atoms in total. The highest BCUT2D eigenvalue weighted by molar-refractivity contribution is 5.69. The van der Waals surface area contributed by atoms with Crippen LogP contribution in [0.25, 0.3) is 5.69 Å². The van der Waals surface area contributed by atoms with Gasteiger partial charge in [-0.1, -0.05) is 19.3 Å². The molecule has 1 aliphatic carbocycles. The lowest BCUT2D eigenvalue weighted by molar-refractivity contribution is 0.373. The smallest absolute Gasteiger partial charge is 0.123 e. The summed E-state index contributed by atoms with van der Waals surface area (Å²) in [6.45, 7) is 1.02. The molecule has 20 heavy (non-hydrogen) atoms. The quantitative estimate of drug-likeness (QED) is 0.839. The summed E-state index contributed by atoms with van der Waals surface area (Å²) in [6.07, 6.45) is 10.2. The van der Waals surface area contributed by atoms with Gasteiger partial charge in [0, 0.05) is 6.54 Å². The average Bonchev–Trinajstić information content (AvgIpc) is 3.01. The number of nitrogens with one attached hydrogen (secondary N) is 1. The van der Waals surface area contributed by atoms with Gasteiger partial charge >= 0.3 is 0 Å². The molecule has 1 saturated carbocycles. The van der Waals surface area contributed by atoms with E-state index in [0.717, 1.165) is 29.5 Å². The molecule has 3 rings (SSSR count). The van der Waals surface area contributed by atoms with Crippen molar-refractivity contribution in [3.05, 3.63) is 30.9 Å². The van der Waals surface area contributed by atoms with Gasteiger partial charge < -0.3 is 11.1 Å². The van der Waals surface area contributed by atoms with E-state index in [-0.39, 0.29) is 0 Å². The molecular weight excluding hydrogens is 250 g/mol. The first-order valence-electron chi connectivity index (χ1n) is 7.31. The monoisotopic (exact) mass is 271 g/mol. The molecule has 0 unspecified atom stereocenters. The van der Waals surface area contributed by atoms with Crippen LogP contribution >= 0.6 is 0 Å². The first-order chi connectivity index (χ1) is 9.83. The van der Waals surface area contributed by atoms with Gasteiger partial charge in [-0.25, -0.2) is 0 Å². The van der Waals surface area contributed by atoms with Gasteiger partial charge in [0.2, 0.25) is 0 Å². The van der Waals surface area contributed by atoms with Gasteiger partial charge in [0.1, 0.15) is 12.7 Å². The summed E-state index contributed by atoms with van der Waals surface area (Å²) in [5, 5.41) is 11.1. The minimum atomic E-state index is 0.770. The van der Waals surface area contributed by atoms with E-state index in [2.05, 4.69) is 15.5 Å². The third-order valence-corrected chi connectivity index (χ3v) is 4.06. The second-order valence-corrected chi connectivity index (χ2v) is 5.53. The van der Waals surface area contributed by atoms with Gasteiger partial charge in [0.15, 0.2) is 0 Å². The van der Waals surface area contributed by atoms with Gasteiger partial charge in [-0.3, -0.25) is 4.57 Å². The number of hydrogen-bond donors (Lipinski definition) is 2. The zero-order valence-corrected chi connectivity index (χ0v) is 11.6. The van der Waals surface area contributed by atoms with Crippen LogP contribution < -0.4 is 11.1 Å². The van der Waals surface area contributed by atoms with E-state index in [1.54, 1.807) is 12.7 Å². The second-order valence-electron chi connectivity index (χ2n) is 5.53. The van der Waals surface area contributed by atoms with Gasteiger partial charge in [-0.05, 0) is 37.0 Å². The Labute approximate surface area is 119 Å². The molecule has 1 aromatic carbocycles. The summed E-state index contributed by atoms with van der Waals surface area (Å²) in [5.74, 6) is 0.792. The Morgan fingerprint density at radius 2 is 1.90 bits per heavy atom. The first kappa shape index (κ1) is 13.0. The summed E-state index contributed by atoms with van der Waals surface area (Å²) >= 11 is 0. The van der Waals surface area contributed by atoms with Crippen LogP contribution in [0.3, 0.4) is 0 Å². The molecule has 106 valence electrons. The summed E-state index contributed by atoms with van der Waals surface area (Å²) in [4.78, 5) is 0. The SMILES string of the molecule is Nc1cc(-n2cnnc2)ccc1NCC1CCCCC1. The van der Waals surface area contributed by atoms with Crippen LogP contribution in [0.5, 0.6) is 0 Å². The lowest BCUT2D eigenvalue weighted by Crippen LogP contribution is -2.17. The summed E-state index contributed by atoms with van der Waals surface area (Å²) < 4.78 is 1.85. The van der Waals surface area contributed by atoms with Crippen LogP contribution in [0, 0.1) is 5.92 Å². The van der Waals surface area contributed by atoms with Crippen LogP contribution in [0.4, 0.5) is 11.4 Å². The molecule has 1 heterocycles. The van der Waals surface area contributed by atoms with Gasteiger partial charge in [0.25, 0.3) is 0 Å². The molecule has 3 N–H and O–H groups in total. The standard InChI is InChI=1S/C15H21N5/c16-14-8-13(20-10-18-19-11-20)6-7-15(14)17-9-12-4-2-1-3-5-12/h6-8,10-12,17H,1-5,9,16H2. The van der Waals surface area contributed by atoms with Crippen LogP contribution in [0.2, 0.25) is 0 Å². The van der Waals surface area contributed by atoms with E-state index in [1.165, 1.54) is 32.1 Å². The fraction of sp³-hybridized carbons (Fsp3) is 0.467. The van der Waals surface area contributed by atoms with E-state index < -0.39 is 0 Å². The lowest BCUT2D eigenvalue weighted by Gasteiger charge is -2.22. The number of hydrogen-bond acceptors (Lipinski definition) is 4. The van der Waals surface area contributed by atoms with Crippen molar-refractivity contribution in [2.45, 2.75) is 32.1 Å². The van der Waals surface area contributed by atoms with Crippen molar-refractivity contribution >= 4 is 11.4 Å². The van der Waals surface area contributed by atoms with Gasteiger partial charge in [-0.15, -0.1) is 10.2 Å². The van der Waals surface area contributed by atoms with Crippen LogP contribution in [-0.2, 0) is 0 Å². The Morgan fingerprint density at radius 3 is 2.60 bits per heavy atom. The molecule has 1 aromatic heterocycles. The third kappa shape index (κ3) is 2.92. The van der Waals surface area contributed by atoms with Gasteiger partial charge in [-0.2, -0.15) is 0 Å². The number of nitrogens with two attached hydrogens (primary N) is 1. The Bertz CT molecular complexity index is 543. The van der Waals surface area contributed by atoms with E-state index in [9.17, 15) is 0 Å². The molecule has 5 heteroatoms. The Kier molecular flexibility index (Phi) is 3.85. The maximum absolute atomic E-state index is 6.13. The van der Waals surface area contributed by atoms with Crippen LogP contribution in [-0.4, -0.2) is 21.3 Å². The Hall–Kier alpha value is -2.04. The van der Waals surface area contributed by atoms with Gasteiger partial charge in [0.05, 0.1) is 17.1 Å². The van der Waals surface area contributed by atoms with Crippen molar-refractivity contribution in [2.24, 2.45) is 5.92 Å². The first-order valence-corrected chi connectivity index (χ1v) is 7.31. The second kappa shape index (κ2) is 5.94. The minimum Gasteiger partial charge on any atom is -0.397 e. The number of rotatable bonds is 4. The maximum atomic E-state index is 6.13. The number of benzene rings is 1. The highest BCUT2D eigenvalue weighted by Crippen LogP contribution is 2.26. The molecule has 0 bridgehead atoms. The number of anilines is 2. The molecule has 2 aromatic rings. The third-order valence-electron chi connectivity index (χ3n) is 4.06. The van der Waals surface area contributed by atoms with E-state index in [1.807, 2.05) is 22.8 Å². The molecule has 0 aliphatic heterocycles. The molecule has 0 atom stereocenters. The maximum Gasteiger partial charge on any atom is 0.123 e. The van der Waals surface area contributed by atoms with Crippen molar-refractivity contribution in [3.63, 3.8) is 0 Å². The molecular formula is C15H21N5. The highest BCUT2D eigenvalue weighted by atomic mass is 15.2. The zero-order chi connectivity index (χ0) is 13.8. The van der Waals surface area contributed by atoms with Crippen molar-refractivity contribution < 1.29 is 0 Å². The minimum absolute atomic E-state index is 0.770. The zero-order valence-electron chi connectivity index (χ0n) is 11.6. The van der Waals surface area contributed by atoms with E-state index >= 15 is 0 Å². The molecule has 0 spiro atoms. The Balaban J connectivity index is 1.65. The fourth-order valence-corrected chi connectivity index (χ4v) is 2.85. The predicted octanol–water partition coefficient (Wildman–Crippen LogP) is 2.84. The van der Waals surface area contributed by atoms with Crippen molar-refractivity contribution in [1.82, 2.24) is 14.8 Å². The lowest BCUT2D eigenvalue weighted by atomic mass is 9.89. The van der Waals surface area contributed by atoms with Crippen molar-refractivity contribution in [3.8, 4) is 5.69 Å². The summed E-state index contributed by atoms with van der Waals surface area (Å²) in [7, 11) is 0. The van der Waals surface area contributed by atoms with Crippen molar-refractivity contribution in [2.75, 3.05) is 17.6 Å². The van der Waals surface area contributed by atoms with E-state index in [0.29, 0.717) is 0 Å². The van der Waals surface area contributed by atoms with E-state index in [4.69, 9.17) is 5.73 Å². The molecule has 1 aliphatic rings. The summed E-state index contributed by atoms with van der Waals surface area (Å²) in [5.41, 5.74) is 8.90. The predicted molar refractivity (Wildman–Crippen MR) is 80.8 cm³/mol. The van der Waals surface area contributed by atoms with Crippen molar-refractivity contribution in [1.29, 1.82) is 0 Å². The van der Waals surface area contributed by atoms with Crippen LogP contribution in [0.1, 0.15) is 32.1 Å². The normalized spacial score (nSPS) is 16.2.